The molecular weight excluding hydrogens is 375 g/mol. The first-order chi connectivity index (χ1) is 14.0. The lowest BCUT2D eigenvalue weighted by atomic mass is 10.2. The normalized spacial score (nSPS) is 14.3. The number of benzene rings is 2. The molecule has 1 aliphatic heterocycles. The van der Waals surface area contributed by atoms with Crippen LogP contribution in [0.15, 0.2) is 48.5 Å². The zero-order valence-corrected chi connectivity index (χ0v) is 16.4. The largest absolute Gasteiger partial charge is 0.495 e. The van der Waals surface area contributed by atoms with Crippen molar-refractivity contribution in [1.82, 2.24) is 9.80 Å². The molecule has 2 aromatic carbocycles. The molecular formula is C21H25FN4O3. The number of methoxy groups -OCH3 is 1. The number of nitrogens with zero attached hydrogens (tertiary/aromatic N) is 2. The van der Waals surface area contributed by atoms with Crippen LogP contribution in [0.25, 0.3) is 0 Å². The number of hydrogen-bond acceptors (Lipinski definition) is 5. The summed E-state index contributed by atoms with van der Waals surface area (Å²) in [5.41, 5.74) is 1.34. The third-order valence-corrected chi connectivity index (χ3v) is 4.76. The minimum atomic E-state index is -0.344. The van der Waals surface area contributed by atoms with Gasteiger partial charge in [-0.15, -0.1) is 0 Å². The lowest BCUT2D eigenvalue weighted by Crippen LogP contribution is -2.51. The molecule has 154 valence electrons. The van der Waals surface area contributed by atoms with Gasteiger partial charge in [0.2, 0.25) is 11.8 Å². The highest BCUT2D eigenvalue weighted by atomic mass is 19.1. The van der Waals surface area contributed by atoms with Crippen LogP contribution in [0.3, 0.4) is 0 Å². The van der Waals surface area contributed by atoms with Crippen LogP contribution in [-0.2, 0) is 9.59 Å². The molecule has 3 rings (SSSR count). The Balaban J connectivity index is 1.40. The molecule has 0 spiro atoms. The van der Waals surface area contributed by atoms with Gasteiger partial charge in [-0.2, -0.15) is 0 Å². The second-order valence-electron chi connectivity index (χ2n) is 6.77. The molecule has 0 atom stereocenters. The lowest BCUT2D eigenvalue weighted by molar-refractivity contribution is -0.131. The Bertz CT molecular complexity index is 836. The molecule has 1 aliphatic rings. The number of nitrogens with one attached hydrogen (secondary N) is 2. The summed E-state index contributed by atoms with van der Waals surface area (Å²) >= 11 is 0. The highest BCUT2D eigenvalue weighted by Crippen LogP contribution is 2.22. The van der Waals surface area contributed by atoms with E-state index in [1.165, 1.54) is 24.3 Å². The number of piperazine rings is 1. The molecule has 0 bridgehead atoms. The predicted molar refractivity (Wildman–Crippen MR) is 110 cm³/mol. The number of para-hydroxylation sites is 2. The summed E-state index contributed by atoms with van der Waals surface area (Å²) in [5, 5.41) is 5.87. The average molecular weight is 400 g/mol. The highest BCUT2D eigenvalue weighted by Gasteiger charge is 2.22. The molecule has 2 N–H and O–H groups in total. The Morgan fingerprint density at radius 1 is 1.03 bits per heavy atom. The zero-order valence-electron chi connectivity index (χ0n) is 16.4. The Labute approximate surface area is 169 Å². The lowest BCUT2D eigenvalue weighted by Gasteiger charge is -2.34. The van der Waals surface area contributed by atoms with E-state index in [4.69, 9.17) is 4.74 Å². The summed E-state index contributed by atoms with van der Waals surface area (Å²) < 4.78 is 18.2. The minimum absolute atomic E-state index is 0.00585. The van der Waals surface area contributed by atoms with E-state index in [9.17, 15) is 14.0 Å². The van der Waals surface area contributed by atoms with Crippen molar-refractivity contribution < 1.29 is 18.7 Å². The van der Waals surface area contributed by atoms with E-state index in [0.29, 0.717) is 37.6 Å². The Morgan fingerprint density at radius 2 is 1.72 bits per heavy atom. The van der Waals surface area contributed by atoms with Crippen molar-refractivity contribution in [2.75, 3.05) is 57.0 Å². The SMILES string of the molecule is COc1ccccc1NCC(=O)N1CCN(CC(=O)Nc2ccc(F)cc2)CC1. The van der Waals surface area contributed by atoms with E-state index in [-0.39, 0.29) is 30.7 Å². The van der Waals surface area contributed by atoms with E-state index < -0.39 is 0 Å². The van der Waals surface area contributed by atoms with Crippen molar-refractivity contribution >= 4 is 23.2 Å². The first-order valence-corrected chi connectivity index (χ1v) is 9.47. The maximum Gasteiger partial charge on any atom is 0.241 e. The van der Waals surface area contributed by atoms with Gasteiger partial charge >= 0.3 is 0 Å². The molecule has 0 aliphatic carbocycles. The average Bonchev–Trinajstić information content (AvgIpc) is 2.74. The second-order valence-corrected chi connectivity index (χ2v) is 6.77. The van der Waals surface area contributed by atoms with Gasteiger partial charge in [-0.05, 0) is 36.4 Å². The number of carbonyl (C=O) groups excluding carboxylic acids is 2. The monoisotopic (exact) mass is 400 g/mol. The fourth-order valence-corrected chi connectivity index (χ4v) is 3.17. The van der Waals surface area contributed by atoms with Gasteiger partial charge in [0, 0.05) is 31.9 Å². The summed E-state index contributed by atoms with van der Waals surface area (Å²) in [6.07, 6.45) is 0. The second kappa shape index (κ2) is 9.88. The molecule has 2 aromatic rings. The number of ether oxygens (including phenoxy) is 1. The summed E-state index contributed by atoms with van der Waals surface area (Å²) in [7, 11) is 1.59. The molecule has 0 saturated carbocycles. The molecule has 8 heteroatoms. The van der Waals surface area contributed by atoms with Gasteiger partial charge in [0.05, 0.1) is 25.9 Å². The topological polar surface area (TPSA) is 73.9 Å². The van der Waals surface area contributed by atoms with Gasteiger partial charge in [0.25, 0.3) is 0 Å². The maximum atomic E-state index is 12.9. The number of rotatable bonds is 7. The fourth-order valence-electron chi connectivity index (χ4n) is 3.17. The van der Waals surface area contributed by atoms with Gasteiger partial charge in [0.15, 0.2) is 0 Å². The standard InChI is InChI=1S/C21H25FN4O3/c1-29-19-5-3-2-4-18(19)23-14-21(28)26-12-10-25(11-13-26)15-20(27)24-17-8-6-16(22)7-9-17/h2-9,23H,10-15H2,1H3,(H,24,27). The minimum Gasteiger partial charge on any atom is -0.495 e. The number of amides is 2. The predicted octanol–water partition coefficient (Wildman–Crippen LogP) is 2.03. The first kappa shape index (κ1) is 20.6. The zero-order chi connectivity index (χ0) is 20.6. The molecule has 0 unspecified atom stereocenters. The molecule has 29 heavy (non-hydrogen) atoms. The van der Waals surface area contributed by atoms with E-state index in [1.807, 2.05) is 29.2 Å². The Kier molecular flexibility index (Phi) is 7.02. The summed E-state index contributed by atoms with van der Waals surface area (Å²) in [6.45, 7) is 2.80. The van der Waals surface area contributed by atoms with Gasteiger partial charge < -0.3 is 20.3 Å². The van der Waals surface area contributed by atoms with Gasteiger partial charge in [-0.1, -0.05) is 12.1 Å². The van der Waals surface area contributed by atoms with Crippen molar-refractivity contribution in [3.63, 3.8) is 0 Å². The van der Waals surface area contributed by atoms with E-state index >= 15 is 0 Å². The Morgan fingerprint density at radius 3 is 2.41 bits per heavy atom. The fraction of sp³-hybridized carbons (Fsp3) is 0.333. The van der Waals surface area contributed by atoms with Crippen LogP contribution in [-0.4, -0.2) is 68.0 Å². The van der Waals surface area contributed by atoms with Gasteiger partial charge in [-0.3, -0.25) is 14.5 Å². The number of anilines is 2. The molecule has 7 nitrogen and oxygen atoms in total. The third kappa shape index (κ3) is 5.92. The van der Waals surface area contributed by atoms with Crippen molar-refractivity contribution in [2.45, 2.75) is 0 Å². The number of hydrogen-bond donors (Lipinski definition) is 2. The molecule has 1 heterocycles. The van der Waals surface area contributed by atoms with Crippen LogP contribution < -0.4 is 15.4 Å². The molecule has 2 amide bonds. The van der Waals surface area contributed by atoms with Gasteiger partial charge in [0.1, 0.15) is 11.6 Å². The van der Waals surface area contributed by atoms with E-state index in [2.05, 4.69) is 10.6 Å². The number of carbonyl (C=O) groups is 2. The highest BCUT2D eigenvalue weighted by molar-refractivity contribution is 5.92. The molecule has 1 saturated heterocycles. The van der Waals surface area contributed by atoms with E-state index in [0.717, 1.165) is 5.69 Å². The summed E-state index contributed by atoms with van der Waals surface area (Å²) in [4.78, 5) is 28.4. The molecule has 1 fully saturated rings. The van der Waals surface area contributed by atoms with Crippen molar-refractivity contribution in [3.05, 3.63) is 54.3 Å². The Hall–Kier alpha value is -3.13. The van der Waals surface area contributed by atoms with Crippen LogP contribution in [0.1, 0.15) is 0 Å². The van der Waals surface area contributed by atoms with Crippen LogP contribution in [0.2, 0.25) is 0 Å². The van der Waals surface area contributed by atoms with E-state index in [1.54, 1.807) is 12.0 Å². The van der Waals surface area contributed by atoms with Crippen molar-refractivity contribution in [3.8, 4) is 5.75 Å². The third-order valence-electron chi connectivity index (χ3n) is 4.76. The quantitative estimate of drug-likeness (QED) is 0.744. The number of halogens is 1. The van der Waals surface area contributed by atoms with Crippen LogP contribution in [0.5, 0.6) is 5.75 Å². The van der Waals surface area contributed by atoms with Crippen LogP contribution >= 0.6 is 0 Å². The molecule has 0 radical (unpaired) electrons. The summed E-state index contributed by atoms with van der Waals surface area (Å²) in [6, 6.07) is 13.1. The molecule has 0 aromatic heterocycles. The van der Waals surface area contributed by atoms with Gasteiger partial charge in [-0.25, -0.2) is 4.39 Å². The smallest absolute Gasteiger partial charge is 0.241 e. The first-order valence-electron chi connectivity index (χ1n) is 9.47. The van der Waals surface area contributed by atoms with Crippen molar-refractivity contribution in [2.24, 2.45) is 0 Å². The van der Waals surface area contributed by atoms with Crippen molar-refractivity contribution in [1.29, 1.82) is 0 Å². The maximum absolute atomic E-state index is 12.9. The summed E-state index contributed by atoms with van der Waals surface area (Å²) in [5.74, 6) is 0.196. The van der Waals surface area contributed by atoms with Crippen LogP contribution in [0.4, 0.5) is 15.8 Å². The van der Waals surface area contributed by atoms with Crippen LogP contribution in [0, 0.1) is 5.82 Å².